The van der Waals surface area contributed by atoms with Gasteiger partial charge in [-0.05, 0) is 19.1 Å². The van der Waals surface area contributed by atoms with Crippen LogP contribution in [-0.4, -0.2) is 32.1 Å². The maximum atomic E-state index is 10.4. The molecule has 0 atom stereocenters. The van der Waals surface area contributed by atoms with E-state index in [2.05, 4.69) is 17.0 Å². The number of ether oxygens (including phenoxy) is 1. The van der Waals surface area contributed by atoms with E-state index in [-0.39, 0.29) is 10.9 Å². The summed E-state index contributed by atoms with van der Waals surface area (Å²) in [5, 5.41) is 0. The summed E-state index contributed by atoms with van der Waals surface area (Å²) < 4.78 is 35.8. The zero-order chi connectivity index (χ0) is 15.6. The van der Waals surface area contributed by atoms with E-state index in [1.165, 1.54) is 12.1 Å². The van der Waals surface area contributed by atoms with Crippen molar-refractivity contribution >= 4 is 16.1 Å². The zero-order valence-corrected chi connectivity index (χ0v) is 12.2. The Morgan fingerprint density at radius 1 is 1.40 bits per heavy atom. The van der Waals surface area contributed by atoms with Crippen LogP contribution in [0.1, 0.15) is 12.0 Å². The number of quaternary nitrogens is 1. The standard InChI is InChI=1S/C7H8O3S.C6H11NO2/c1-6-2-4-7(5-3-6)11(8,9)10;1-2-6(8)9-5-3-4-7/h2-5H,1H3,(H,8,9,10);2H,1,3-5,7H2. The van der Waals surface area contributed by atoms with E-state index in [9.17, 15) is 17.8 Å². The molecule has 0 amide bonds. The van der Waals surface area contributed by atoms with Crippen molar-refractivity contribution in [1.29, 1.82) is 0 Å². The molecule has 0 aromatic heterocycles. The largest absolute Gasteiger partial charge is 0.744 e. The Morgan fingerprint density at radius 3 is 2.35 bits per heavy atom. The van der Waals surface area contributed by atoms with Crippen LogP contribution in [0.3, 0.4) is 0 Å². The smallest absolute Gasteiger partial charge is 0.330 e. The summed E-state index contributed by atoms with van der Waals surface area (Å²) in [6.45, 7) is 6.32. The Morgan fingerprint density at radius 2 is 1.95 bits per heavy atom. The molecule has 0 unspecified atom stereocenters. The number of benzene rings is 1. The summed E-state index contributed by atoms with van der Waals surface area (Å²) in [5.74, 6) is -0.358. The molecule has 0 saturated heterocycles. The van der Waals surface area contributed by atoms with Gasteiger partial charge in [0.2, 0.25) is 0 Å². The van der Waals surface area contributed by atoms with Gasteiger partial charge in [-0.1, -0.05) is 24.3 Å². The average molecular weight is 301 g/mol. The minimum Gasteiger partial charge on any atom is -0.744 e. The molecule has 0 aliphatic heterocycles. The highest BCUT2D eigenvalue weighted by Gasteiger charge is 1.97. The van der Waals surface area contributed by atoms with Crippen molar-refractivity contribution in [3.8, 4) is 0 Å². The van der Waals surface area contributed by atoms with Crippen molar-refractivity contribution in [2.75, 3.05) is 13.2 Å². The Labute approximate surface area is 119 Å². The lowest BCUT2D eigenvalue weighted by atomic mass is 10.2. The molecule has 0 bridgehead atoms. The SMILES string of the molecule is C=CC(=O)OCCC[NH3+].Cc1ccc(S(=O)(=O)[O-])cc1. The van der Waals surface area contributed by atoms with Crippen LogP contribution in [0.2, 0.25) is 0 Å². The fourth-order valence-electron chi connectivity index (χ4n) is 1.04. The Kier molecular flexibility index (Phi) is 8.46. The number of rotatable bonds is 5. The lowest BCUT2D eigenvalue weighted by molar-refractivity contribution is -0.369. The molecular weight excluding hydrogens is 282 g/mol. The Hall–Kier alpha value is -1.70. The molecule has 7 heteroatoms. The third kappa shape index (κ3) is 8.41. The second kappa shape index (κ2) is 9.24. The third-order valence-electron chi connectivity index (χ3n) is 2.11. The van der Waals surface area contributed by atoms with E-state index >= 15 is 0 Å². The summed E-state index contributed by atoms with van der Waals surface area (Å²) in [6, 6.07) is 5.78. The number of esters is 1. The zero-order valence-electron chi connectivity index (χ0n) is 11.4. The second-order valence-electron chi connectivity index (χ2n) is 3.85. The number of aryl methyl sites for hydroxylation is 1. The highest BCUT2D eigenvalue weighted by Crippen LogP contribution is 2.08. The van der Waals surface area contributed by atoms with Crippen molar-refractivity contribution in [1.82, 2.24) is 0 Å². The van der Waals surface area contributed by atoms with E-state index in [0.29, 0.717) is 6.61 Å². The first kappa shape index (κ1) is 18.3. The maximum absolute atomic E-state index is 10.4. The predicted molar refractivity (Wildman–Crippen MR) is 72.7 cm³/mol. The van der Waals surface area contributed by atoms with Crippen LogP contribution in [-0.2, 0) is 19.6 Å². The topological polar surface area (TPSA) is 111 Å². The van der Waals surface area contributed by atoms with Crippen molar-refractivity contribution in [2.24, 2.45) is 0 Å². The van der Waals surface area contributed by atoms with Gasteiger partial charge >= 0.3 is 5.97 Å². The molecule has 0 heterocycles. The summed E-state index contributed by atoms with van der Waals surface area (Å²) >= 11 is 0. The molecule has 0 fully saturated rings. The van der Waals surface area contributed by atoms with Gasteiger partial charge in [0.25, 0.3) is 0 Å². The average Bonchev–Trinajstić information content (AvgIpc) is 2.39. The van der Waals surface area contributed by atoms with Gasteiger partial charge in [-0.15, -0.1) is 0 Å². The molecule has 6 nitrogen and oxygen atoms in total. The van der Waals surface area contributed by atoms with E-state index in [0.717, 1.165) is 24.6 Å². The first-order chi connectivity index (χ1) is 9.31. The molecule has 0 saturated carbocycles. The quantitative estimate of drug-likeness (QED) is 0.362. The number of hydrogen-bond donors (Lipinski definition) is 1. The van der Waals surface area contributed by atoms with Gasteiger partial charge in [-0.3, -0.25) is 0 Å². The van der Waals surface area contributed by atoms with Gasteiger partial charge in [0.05, 0.1) is 18.0 Å². The molecule has 0 radical (unpaired) electrons. The molecule has 1 rings (SSSR count). The molecule has 112 valence electrons. The summed E-state index contributed by atoms with van der Waals surface area (Å²) in [6.07, 6.45) is 1.97. The fourth-order valence-corrected chi connectivity index (χ4v) is 1.51. The summed E-state index contributed by atoms with van der Waals surface area (Å²) in [5.41, 5.74) is 4.52. The number of carbonyl (C=O) groups is 1. The van der Waals surface area contributed by atoms with Crippen molar-refractivity contribution in [3.63, 3.8) is 0 Å². The molecule has 0 aliphatic rings. The predicted octanol–water partition coefficient (Wildman–Crippen LogP) is 0.247. The van der Waals surface area contributed by atoms with Gasteiger partial charge < -0.3 is 15.0 Å². The second-order valence-corrected chi connectivity index (χ2v) is 5.23. The van der Waals surface area contributed by atoms with Gasteiger partial charge in [0.1, 0.15) is 10.1 Å². The molecule has 0 spiro atoms. The van der Waals surface area contributed by atoms with Gasteiger partial charge in [0, 0.05) is 12.5 Å². The first-order valence-electron chi connectivity index (χ1n) is 5.92. The molecule has 20 heavy (non-hydrogen) atoms. The van der Waals surface area contributed by atoms with Crippen molar-refractivity contribution < 1.29 is 28.2 Å². The van der Waals surface area contributed by atoms with Crippen LogP contribution in [0.4, 0.5) is 0 Å². The van der Waals surface area contributed by atoms with Gasteiger partial charge in [-0.2, -0.15) is 0 Å². The van der Waals surface area contributed by atoms with E-state index in [1.807, 2.05) is 6.92 Å². The molecule has 1 aromatic carbocycles. The van der Waals surface area contributed by atoms with Gasteiger partial charge in [-0.25, -0.2) is 13.2 Å². The molecule has 3 N–H and O–H groups in total. The number of carbonyl (C=O) groups excluding carboxylic acids is 1. The van der Waals surface area contributed by atoms with Crippen LogP contribution in [0, 0.1) is 6.92 Å². The van der Waals surface area contributed by atoms with Crippen molar-refractivity contribution in [2.45, 2.75) is 18.2 Å². The number of hydrogen-bond acceptors (Lipinski definition) is 5. The molecule has 1 aromatic rings. The van der Waals surface area contributed by atoms with E-state index in [1.54, 1.807) is 12.1 Å². The maximum Gasteiger partial charge on any atom is 0.330 e. The normalized spacial score (nSPS) is 10.2. The monoisotopic (exact) mass is 301 g/mol. The minimum absolute atomic E-state index is 0.178. The first-order valence-corrected chi connectivity index (χ1v) is 7.33. The van der Waals surface area contributed by atoms with Crippen LogP contribution in [0.5, 0.6) is 0 Å². The summed E-state index contributed by atoms with van der Waals surface area (Å²) in [7, 11) is -4.27. The van der Waals surface area contributed by atoms with E-state index < -0.39 is 10.1 Å². The van der Waals surface area contributed by atoms with Crippen LogP contribution in [0.25, 0.3) is 0 Å². The third-order valence-corrected chi connectivity index (χ3v) is 2.96. The van der Waals surface area contributed by atoms with Crippen molar-refractivity contribution in [3.05, 3.63) is 42.5 Å². The Balaban J connectivity index is 0.000000370. The lowest BCUT2D eigenvalue weighted by Crippen LogP contribution is -2.50. The van der Waals surface area contributed by atoms with Crippen LogP contribution < -0.4 is 5.73 Å². The minimum atomic E-state index is -4.27. The van der Waals surface area contributed by atoms with E-state index in [4.69, 9.17) is 0 Å². The Bertz CT molecular complexity index is 522. The lowest BCUT2D eigenvalue weighted by Gasteiger charge is -2.05. The summed E-state index contributed by atoms with van der Waals surface area (Å²) in [4.78, 5) is 10.1. The van der Waals surface area contributed by atoms with Crippen LogP contribution in [0.15, 0.2) is 41.8 Å². The molecular formula is C13H19NO5S. The molecule has 0 aliphatic carbocycles. The van der Waals surface area contributed by atoms with Crippen LogP contribution >= 0.6 is 0 Å². The fraction of sp³-hybridized carbons (Fsp3) is 0.308. The highest BCUT2D eigenvalue weighted by atomic mass is 32.2. The van der Waals surface area contributed by atoms with Gasteiger partial charge in [0.15, 0.2) is 0 Å². The highest BCUT2D eigenvalue weighted by molar-refractivity contribution is 7.85.